The van der Waals surface area contributed by atoms with Crippen molar-refractivity contribution in [2.24, 2.45) is 28.2 Å². The lowest BCUT2D eigenvalue weighted by Gasteiger charge is -2.40. The topological polar surface area (TPSA) is 63.2 Å². The van der Waals surface area contributed by atoms with Gasteiger partial charge in [-0.1, -0.05) is 27.7 Å². The van der Waals surface area contributed by atoms with Crippen molar-refractivity contribution in [2.75, 3.05) is 40.4 Å². The number of methoxy groups -OCH3 is 1. The summed E-state index contributed by atoms with van der Waals surface area (Å²) in [5, 5.41) is 3.53. The zero-order valence-corrected chi connectivity index (χ0v) is 16.7. The summed E-state index contributed by atoms with van der Waals surface area (Å²) in [6.07, 6.45) is 2.54. The number of aliphatic imine (C=N–C) groups is 1. The van der Waals surface area contributed by atoms with Gasteiger partial charge in [0.2, 0.25) is 0 Å². The van der Waals surface area contributed by atoms with Crippen LogP contribution in [-0.2, 0) is 14.3 Å². The summed E-state index contributed by atoms with van der Waals surface area (Å²) in [4.78, 5) is 18.5. The summed E-state index contributed by atoms with van der Waals surface area (Å²) in [6, 6.07) is 0. The van der Waals surface area contributed by atoms with Gasteiger partial charge in [0.1, 0.15) is 0 Å². The minimum atomic E-state index is -0.126. The summed E-state index contributed by atoms with van der Waals surface area (Å²) >= 11 is 0. The number of guanidine groups is 1. The molecular weight excluding hydrogens is 318 g/mol. The molecule has 0 spiro atoms. The van der Waals surface area contributed by atoms with Gasteiger partial charge in [0.25, 0.3) is 0 Å². The Hall–Kier alpha value is -1.30. The van der Waals surface area contributed by atoms with E-state index in [1.165, 1.54) is 13.5 Å². The molecule has 25 heavy (non-hydrogen) atoms. The fourth-order valence-corrected chi connectivity index (χ4v) is 4.16. The molecule has 2 aliphatic rings. The first kappa shape index (κ1) is 20.0. The molecule has 0 aromatic carbocycles. The van der Waals surface area contributed by atoms with Crippen LogP contribution in [0.5, 0.6) is 0 Å². The molecule has 4 unspecified atom stereocenters. The second kappa shape index (κ2) is 8.39. The van der Waals surface area contributed by atoms with Gasteiger partial charge in [0, 0.05) is 39.2 Å². The van der Waals surface area contributed by atoms with Crippen LogP contribution >= 0.6 is 0 Å². The molecule has 2 saturated heterocycles. The molecule has 0 amide bonds. The second-order valence-corrected chi connectivity index (χ2v) is 8.50. The maximum atomic E-state index is 11.9. The van der Waals surface area contributed by atoms with Crippen molar-refractivity contribution in [1.82, 2.24) is 10.2 Å². The first-order chi connectivity index (χ1) is 11.8. The maximum Gasteiger partial charge on any atom is 0.310 e. The molecular formula is C19H35N3O3. The quantitative estimate of drug-likeness (QED) is 0.478. The van der Waals surface area contributed by atoms with Crippen molar-refractivity contribution < 1.29 is 14.3 Å². The van der Waals surface area contributed by atoms with Gasteiger partial charge in [-0.25, -0.2) is 0 Å². The fourth-order valence-electron chi connectivity index (χ4n) is 4.16. The maximum absolute atomic E-state index is 11.9. The Morgan fingerprint density at radius 2 is 2.08 bits per heavy atom. The Labute approximate surface area is 152 Å². The summed E-state index contributed by atoms with van der Waals surface area (Å²) in [7, 11) is 3.26. The number of hydrogen-bond donors (Lipinski definition) is 1. The molecule has 6 nitrogen and oxygen atoms in total. The highest BCUT2D eigenvalue weighted by atomic mass is 16.5. The Balaban J connectivity index is 1.95. The molecule has 0 saturated carbocycles. The van der Waals surface area contributed by atoms with Crippen molar-refractivity contribution in [3.8, 4) is 0 Å². The zero-order chi connectivity index (χ0) is 18.6. The standard InChI is InChI=1S/C19H35N3O3/c1-13-11-22(12-15(13)17(23)24-6)18(20-5)21-10-14-8-7-9-25-16(14)19(2,3)4/h13-16H,7-12H2,1-6H3,(H,20,21). The van der Waals surface area contributed by atoms with E-state index in [-0.39, 0.29) is 29.3 Å². The molecule has 2 heterocycles. The highest BCUT2D eigenvalue weighted by Gasteiger charge is 2.38. The van der Waals surface area contributed by atoms with E-state index < -0.39 is 0 Å². The van der Waals surface area contributed by atoms with Crippen LogP contribution in [0.3, 0.4) is 0 Å². The third-order valence-corrected chi connectivity index (χ3v) is 5.45. The van der Waals surface area contributed by atoms with E-state index in [0.29, 0.717) is 12.5 Å². The van der Waals surface area contributed by atoms with E-state index in [2.05, 4.69) is 42.9 Å². The number of ether oxygens (including phenoxy) is 2. The van der Waals surface area contributed by atoms with Crippen molar-refractivity contribution >= 4 is 11.9 Å². The number of rotatable bonds is 3. The van der Waals surface area contributed by atoms with E-state index in [4.69, 9.17) is 9.47 Å². The molecule has 0 radical (unpaired) electrons. The van der Waals surface area contributed by atoms with Crippen molar-refractivity contribution in [1.29, 1.82) is 0 Å². The lowest BCUT2D eigenvalue weighted by Crippen LogP contribution is -2.48. The molecule has 0 bridgehead atoms. The zero-order valence-electron chi connectivity index (χ0n) is 16.7. The van der Waals surface area contributed by atoms with Gasteiger partial charge in [0.05, 0.1) is 19.1 Å². The van der Waals surface area contributed by atoms with Crippen molar-refractivity contribution in [3.05, 3.63) is 0 Å². The molecule has 4 atom stereocenters. The van der Waals surface area contributed by atoms with Gasteiger partial charge in [-0.2, -0.15) is 0 Å². The summed E-state index contributed by atoms with van der Waals surface area (Å²) in [5.41, 5.74) is 0.133. The van der Waals surface area contributed by atoms with Gasteiger partial charge in [-0.05, 0) is 24.2 Å². The predicted octanol–water partition coefficient (Wildman–Crippen LogP) is 2.14. The minimum absolute atomic E-state index is 0.0797. The number of nitrogens with one attached hydrogen (secondary N) is 1. The number of nitrogens with zero attached hydrogens (tertiary/aromatic N) is 2. The Kier molecular flexibility index (Phi) is 6.72. The average Bonchev–Trinajstić information content (AvgIpc) is 2.96. The molecule has 2 fully saturated rings. The Bertz CT molecular complexity index is 487. The summed E-state index contributed by atoms with van der Waals surface area (Å²) in [6.45, 7) is 12.0. The van der Waals surface area contributed by atoms with Crippen LogP contribution in [0.1, 0.15) is 40.5 Å². The van der Waals surface area contributed by atoms with Crippen LogP contribution in [0.25, 0.3) is 0 Å². The van der Waals surface area contributed by atoms with Gasteiger partial charge >= 0.3 is 5.97 Å². The Morgan fingerprint density at radius 1 is 1.36 bits per heavy atom. The first-order valence-electron chi connectivity index (χ1n) is 9.43. The molecule has 0 aromatic heterocycles. The van der Waals surface area contributed by atoms with Crippen molar-refractivity contribution in [3.63, 3.8) is 0 Å². The lowest BCUT2D eigenvalue weighted by atomic mass is 9.78. The smallest absolute Gasteiger partial charge is 0.310 e. The minimum Gasteiger partial charge on any atom is -0.469 e. The molecule has 6 heteroatoms. The number of carbonyl (C=O) groups is 1. The highest BCUT2D eigenvalue weighted by Crippen LogP contribution is 2.33. The van der Waals surface area contributed by atoms with Gasteiger partial charge < -0.3 is 19.7 Å². The Morgan fingerprint density at radius 3 is 2.68 bits per heavy atom. The van der Waals surface area contributed by atoms with Gasteiger partial charge in [-0.3, -0.25) is 9.79 Å². The summed E-state index contributed by atoms with van der Waals surface area (Å²) in [5.74, 6) is 1.41. The molecule has 2 aliphatic heterocycles. The fraction of sp³-hybridized carbons (Fsp3) is 0.895. The molecule has 0 aliphatic carbocycles. The van der Waals surface area contributed by atoms with Crippen LogP contribution in [0.15, 0.2) is 4.99 Å². The van der Waals surface area contributed by atoms with Crippen LogP contribution in [0.4, 0.5) is 0 Å². The normalized spacial score (nSPS) is 31.1. The lowest BCUT2D eigenvalue weighted by molar-refractivity contribution is -0.145. The molecule has 1 N–H and O–H groups in total. The van der Waals surface area contributed by atoms with E-state index >= 15 is 0 Å². The van der Waals surface area contributed by atoms with Crippen LogP contribution in [-0.4, -0.2) is 63.3 Å². The van der Waals surface area contributed by atoms with Crippen LogP contribution in [0.2, 0.25) is 0 Å². The third-order valence-electron chi connectivity index (χ3n) is 5.45. The number of hydrogen-bond acceptors (Lipinski definition) is 4. The highest BCUT2D eigenvalue weighted by molar-refractivity contribution is 5.82. The molecule has 2 rings (SSSR count). The first-order valence-corrected chi connectivity index (χ1v) is 9.43. The van der Waals surface area contributed by atoms with Gasteiger partial charge in [-0.15, -0.1) is 0 Å². The van der Waals surface area contributed by atoms with Crippen molar-refractivity contribution in [2.45, 2.75) is 46.6 Å². The number of esters is 1. The monoisotopic (exact) mass is 353 g/mol. The summed E-state index contributed by atoms with van der Waals surface area (Å²) < 4.78 is 11.0. The van der Waals surface area contributed by atoms with Gasteiger partial charge in [0.15, 0.2) is 5.96 Å². The van der Waals surface area contributed by atoms with E-state index in [1.807, 2.05) is 0 Å². The largest absolute Gasteiger partial charge is 0.469 e. The number of likely N-dealkylation sites (tertiary alicyclic amines) is 1. The molecule has 0 aromatic rings. The molecule has 144 valence electrons. The third kappa shape index (κ3) is 4.87. The SMILES string of the molecule is CN=C(NCC1CCCOC1C(C)(C)C)N1CC(C)C(C(=O)OC)C1. The van der Waals surface area contributed by atoms with Crippen LogP contribution in [0, 0.1) is 23.2 Å². The second-order valence-electron chi connectivity index (χ2n) is 8.50. The average molecular weight is 354 g/mol. The van der Waals surface area contributed by atoms with E-state index in [9.17, 15) is 4.79 Å². The predicted molar refractivity (Wildman–Crippen MR) is 99.5 cm³/mol. The number of carbonyl (C=O) groups excluding carboxylic acids is 1. The van der Waals surface area contributed by atoms with Crippen LogP contribution < -0.4 is 5.32 Å². The van der Waals surface area contributed by atoms with E-state index in [1.54, 1.807) is 7.05 Å². The van der Waals surface area contributed by atoms with E-state index in [0.717, 1.165) is 32.1 Å².